The zero-order valence-electron chi connectivity index (χ0n) is 23.3. The van der Waals surface area contributed by atoms with Gasteiger partial charge in [0.05, 0.1) is 6.61 Å². The third-order valence-corrected chi connectivity index (χ3v) is 8.02. The maximum atomic E-state index is 13.4. The van der Waals surface area contributed by atoms with Crippen molar-refractivity contribution < 1.29 is 13.9 Å². The molecule has 1 N–H and O–H groups in total. The second kappa shape index (κ2) is 12.3. The van der Waals surface area contributed by atoms with Crippen LogP contribution in [-0.4, -0.2) is 37.0 Å². The summed E-state index contributed by atoms with van der Waals surface area (Å²) in [5.74, 6) is 1.37. The number of hydrogen-bond donors (Lipinski definition) is 1. The molecule has 2 bridgehead atoms. The van der Waals surface area contributed by atoms with Crippen molar-refractivity contribution in [2.45, 2.75) is 64.3 Å². The van der Waals surface area contributed by atoms with Gasteiger partial charge in [0.25, 0.3) is 5.91 Å². The van der Waals surface area contributed by atoms with Crippen molar-refractivity contribution in [3.63, 3.8) is 0 Å². The van der Waals surface area contributed by atoms with Crippen LogP contribution >= 0.6 is 0 Å². The van der Waals surface area contributed by atoms with Crippen LogP contribution in [0.1, 0.15) is 78.6 Å². The topological polar surface area (TPSA) is 41.6 Å². The van der Waals surface area contributed by atoms with E-state index in [1.54, 1.807) is 12.1 Å². The molecule has 1 fully saturated rings. The minimum atomic E-state index is -0.325. The van der Waals surface area contributed by atoms with Crippen LogP contribution in [0.3, 0.4) is 0 Å². The van der Waals surface area contributed by atoms with Gasteiger partial charge in [0.2, 0.25) is 0 Å². The minimum Gasteiger partial charge on any atom is -0.493 e. The summed E-state index contributed by atoms with van der Waals surface area (Å²) in [5, 5.41) is 3.10. The molecule has 1 saturated carbocycles. The van der Waals surface area contributed by atoms with Gasteiger partial charge in [-0.3, -0.25) is 9.69 Å². The Morgan fingerprint density at radius 3 is 2.59 bits per heavy atom. The van der Waals surface area contributed by atoms with E-state index in [0.29, 0.717) is 25.1 Å². The molecular weight excluding hydrogens is 487 g/mol. The van der Waals surface area contributed by atoms with Crippen LogP contribution < -0.4 is 10.1 Å². The number of fused-ring (bicyclic) bond motifs is 3. The van der Waals surface area contributed by atoms with Gasteiger partial charge in [-0.1, -0.05) is 50.2 Å². The first-order valence-corrected chi connectivity index (χ1v) is 14.5. The number of nitrogens with one attached hydrogen (secondary N) is 1. The molecule has 1 aliphatic carbocycles. The van der Waals surface area contributed by atoms with Gasteiger partial charge in [0.1, 0.15) is 11.6 Å². The van der Waals surface area contributed by atoms with Crippen LogP contribution in [-0.2, 0) is 18.4 Å². The van der Waals surface area contributed by atoms with E-state index in [1.807, 2.05) is 18.2 Å². The molecule has 3 aromatic rings. The molecule has 39 heavy (non-hydrogen) atoms. The SMILES string of the molecule is CC(C)(CNC(=O)c1ccc2c(c1)Cc1cccc(c1)CN(CC1CC1)CCCCCO2)c1ccc(F)cc1. The smallest absolute Gasteiger partial charge is 0.251 e. The van der Waals surface area contributed by atoms with Crippen molar-refractivity contribution in [3.05, 3.63) is 100 Å². The lowest BCUT2D eigenvalue weighted by Gasteiger charge is -2.26. The molecule has 4 nitrogen and oxygen atoms in total. The van der Waals surface area contributed by atoms with Crippen molar-refractivity contribution in [1.29, 1.82) is 0 Å². The van der Waals surface area contributed by atoms with Crippen molar-refractivity contribution in [2.24, 2.45) is 5.92 Å². The summed E-state index contributed by atoms with van der Waals surface area (Å²) in [5.41, 5.74) is 4.90. The summed E-state index contributed by atoms with van der Waals surface area (Å²) in [6.45, 7) is 8.60. The number of amides is 1. The maximum Gasteiger partial charge on any atom is 0.251 e. The van der Waals surface area contributed by atoms with Gasteiger partial charge < -0.3 is 10.1 Å². The average molecular weight is 529 g/mol. The lowest BCUT2D eigenvalue weighted by atomic mass is 9.84. The third-order valence-electron chi connectivity index (χ3n) is 8.02. The van der Waals surface area contributed by atoms with Crippen LogP contribution in [0, 0.1) is 11.7 Å². The van der Waals surface area contributed by atoms with Gasteiger partial charge >= 0.3 is 0 Å². The molecule has 5 heteroatoms. The number of nitrogens with zero attached hydrogens (tertiary/aromatic N) is 1. The Balaban J connectivity index is 1.32. The molecule has 3 aromatic carbocycles. The molecule has 2 aliphatic rings. The highest BCUT2D eigenvalue weighted by Crippen LogP contribution is 2.31. The molecule has 1 heterocycles. The lowest BCUT2D eigenvalue weighted by Crippen LogP contribution is -2.36. The third kappa shape index (κ3) is 7.69. The van der Waals surface area contributed by atoms with E-state index in [2.05, 4.69) is 48.3 Å². The summed E-state index contributed by atoms with van der Waals surface area (Å²) in [7, 11) is 0. The van der Waals surface area contributed by atoms with Crippen LogP contribution in [0.15, 0.2) is 66.7 Å². The second-order valence-electron chi connectivity index (χ2n) is 12.0. The average Bonchev–Trinajstić information content (AvgIpc) is 3.74. The first-order chi connectivity index (χ1) is 18.9. The van der Waals surface area contributed by atoms with Gasteiger partial charge in [0, 0.05) is 37.0 Å². The van der Waals surface area contributed by atoms with Crippen LogP contribution in [0.2, 0.25) is 0 Å². The van der Waals surface area contributed by atoms with E-state index in [1.165, 1.54) is 49.1 Å². The number of hydrogen-bond acceptors (Lipinski definition) is 3. The lowest BCUT2D eigenvalue weighted by molar-refractivity contribution is 0.0945. The Bertz CT molecular complexity index is 1270. The first kappa shape index (κ1) is 27.4. The molecule has 1 amide bonds. The zero-order valence-corrected chi connectivity index (χ0v) is 23.3. The number of halogens is 1. The van der Waals surface area contributed by atoms with E-state index in [0.717, 1.165) is 48.7 Å². The quantitative estimate of drug-likeness (QED) is 0.378. The molecule has 0 atom stereocenters. The molecule has 0 unspecified atom stereocenters. The molecule has 0 spiro atoms. The van der Waals surface area contributed by atoms with Crippen molar-refractivity contribution in [3.8, 4) is 5.75 Å². The van der Waals surface area contributed by atoms with Crippen molar-refractivity contribution in [2.75, 3.05) is 26.2 Å². The normalized spacial score (nSPS) is 17.0. The van der Waals surface area contributed by atoms with E-state index in [4.69, 9.17) is 4.74 Å². The standard InChI is InChI=1S/C34H41FN2O2/c1-34(2,30-12-14-31(35)15-13-30)24-36-33(38)28-11-16-32-29(21-28)20-26-7-6-8-27(19-26)23-37(22-25-9-10-25)17-4-3-5-18-39-32/h6-8,11-16,19,21,25H,3-5,9-10,17-18,20,22-24H2,1-2H3,(H,36,38). The van der Waals surface area contributed by atoms with Gasteiger partial charge in [-0.25, -0.2) is 4.39 Å². The van der Waals surface area contributed by atoms with Gasteiger partial charge in [0.15, 0.2) is 0 Å². The fourth-order valence-corrected chi connectivity index (χ4v) is 5.42. The fourth-order valence-electron chi connectivity index (χ4n) is 5.42. The molecule has 1 aliphatic heterocycles. The molecule has 0 radical (unpaired) electrons. The van der Waals surface area contributed by atoms with Crippen LogP contribution in [0.4, 0.5) is 4.39 Å². The summed E-state index contributed by atoms with van der Waals surface area (Å²) >= 11 is 0. The van der Waals surface area contributed by atoms with Gasteiger partial charge in [-0.2, -0.15) is 0 Å². The number of benzene rings is 3. The predicted molar refractivity (Wildman–Crippen MR) is 155 cm³/mol. The number of ether oxygens (including phenoxy) is 1. The number of rotatable bonds is 6. The highest BCUT2D eigenvalue weighted by Gasteiger charge is 2.25. The van der Waals surface area contributed by atoms with Crippen molar-refractivity contribution >= 4 is 5.91 Å². The second-order valence-corrected chi connectivity index (χ2v) is 12.0. The Hall–Kier alpha value is -3.18. The molecule has 0 saturated heterocycles. The highest BCUT2D eigenvalue weighted by molar-refractivity contribution is 5.94. The van der Waals surface area contributed by atoms with Crippen LogP contribution in [0.5, 0.6) is 5.75 Å². The van der Waals surface area contributed by atoms with Crippen molar-refractivity contribution in [1.82, 2.24) is 10.2 Å². The molecular formula is C34H41FN2O2. The Labute approximate surface area is 232 Å². The maximum absolute atomic E-state index is 13.4. The summed E-state index contributed by atoms with van der Waals surface area (Å²) in [6, 6.07) is 21.1. The summed E-state index contributed by atoms with van der Waals surface area (Å²) < 4.78 is 19.6. The van der Waals surface area contributed by atoms with Crippen LogP contribution in [0.25, 0.3) is 0 Å². The monoisotopic (exact) mass is 528 g/mol. The van der Waals surface area contributed by atoms with E-state index in [9.17, 15) is 9.18 Å². The zero-order chi connectivity index (χ0) is 27.2. The Kier molecular flexibility index (Phi) is 8.66. The minimum absolute atomic E-state index is 0.114. The molecule has 206 valence electrons. The Morgan fingerprint density at radius 2 is 1.79 bits per heavy atom. The summed E-state index contributed by atoms with van der Waals surface area (Å²) in [4.78, 5) is 15.8. The highest BCUT2D eigenvalue weighted by atomic mass is 19.1. The number of carbonyl (C=O) groups is 1. The number of carbonyl (C=O) groups excluding carboxylic acids is 1. The molecule has 5 rings (SSSR count). The largest absolute Gasteiger partial charge is 0.493 e. The molecule has 0 aromatic heterocycles. The first-order valence-electron chi connectivity index (χ1n) is 14.5. The van der Waals surface area contributed by atoms with E-state index in [-0.39, 0.29) is 17.1 Å². The predicted octanol–water partition coefficient (Wildman–Crippen LogP) is 6.90. The fraction of sp³-hybridized carbons (Fsp3) is 0.441. The Morgan fingerprint density at radius 1 is 1.00 bits per heavy atom. The van der Waals surface area contributed by atoms with E-state index >= 15 is 0 Å². The van der Waals surface area contributed by atoms with Gasteiger partial charge in [-0.05, 0) is 97.2 Å². The summed E-state index contributed by atoms with van der Waals surface area (Å²) in [6.07, 6.45) is 6.84. The van der Waals surface area contributed by atoms with Gasteiger partial charge in [-0.15, -0.1) is 0 Å². The van der Waals surface area contributed by atoms with E-state index < -0.39 is 0 Å².